The van der Waals surface area contributed by atoms with Crippen LogP contribution >= 0.6 is 11.3 Å². The van der Waals surface area contributed by atoms with Gasteiger partial charge in [0.25, 0.3) is 10.0 Å². The monoisotopic (exact) mass is 452 g/mol. The van der Waals surface area contributed by atoms with E-state index in [9.17, 15) is 12.8 Å². The molecule has 1 N–H and O–H groups in total. The van der Waals surface area contributed by atoms with Gasteiger partial charge in [-0.1, -0.05) is 0 Å². The molecule has 2 aromatic heterocycles. The summed E-state index contributed by atoms with van der Waals surface area (Å²) in [5.41, 5.74) is 3.52. The molecule has 4 aromatic rings. The van der Waals surface area contributed by atoms with Crippen molar-refractivity contribution in [3.05, 3.63) is 77.1 Å². The Balaban J connectivity index is 1.66. The first-order valence-electron chi connectivity index (χ1n) is 9.19. The van der Waals surface area contributed by atoms with Gasteiger partial charge in [0.05, 0.1) is 23.0 Å². The third-order valence-corrected chi connectivity index (χ3v) is 7.27. The minimum Gasteiger partial charge on any atom is -0.345 e. The Hall–Kier alpha value is -3.48. The summed E-state index contributed by atoms with van der Waals surface area (Å²) in [6.45, 7) is 1.73. The van der Waals surface area contributed by atoms with Crippen LogP contribution in [0.2, 0.25) is 0 Å². The molecule has 0 saturated heterocycles. The lowest BCUT2D eigenvalue weighted by Crippen LogP contribution is -2.13. The smallest absolute Gasteiger partial charge is 0.263 e. The van der Waals surface area contributed by atoms with Crippen LogP contribution in [0.3, 0.4) is 0 Å². The number of thiazole rings is 1. The summed E-state index contributed by atoms with van der Waals surface area (Å²) in [6, 6.07) is 15.8. The molecule has 2 aromatic carbocycles. The number of hydrogen-bond acceptors (Lipinski definition) is 5. The van der Waals surface area contributed by atoms with Crippen LogP contribution in [0.4, 0.5) is 10.1 Å². The van der Waals surface area contributed by atoms with E-state index in [-0.39, 0.29) is 10.7 Å². The third-order valence-electron chi connectivity index (χ3n) is 4.91. The van der Waals surface area contributed by atoms with Crippen LogP contribution in [-0.2, 0) is 17.1 Å². The van der Waals surface area contributed by atoms with Crippen LogP contribution in [0.1, 0.15) is 11.3 Å². The van der Waals surface area contributed by atoms with E-state index >= 15 is 0 Å². The number of sulfonamides is 1. The van der Waals surface area contributed by atoms with Gasteiger partial charge in [-0.05, 0) is 61.5 Å². The second-order valence-corrected chi connectivity index (χ2v) is 9.39. The van der Waals surface area contributed by atoms with E-state index < -0.39 is 10.0 Å². The van der Waals surface area contributed by atoms with Crippen LogP contribution in [0.15, 0.2) is 64.9 Å². The molecule has 0 fully saturated rings. The lowest BCUT2D eigenvalue weighted by atomic mass is 10.2. The molecule has 0 aliphatic heterocycles. The number of anilines is 1. The molecule has 31 heavy (non-hydrogen) atoms. The Kier molecular flexibility index (Phi) is 5.35. The average molecular weight is 453 g/mol. The lowest BCUT2D eigenvalue weighted by molar-refractivity contribution is 0.600. The van der Waals surface area contributed by atoms with Crippen molar-refractivity contribution >= 4 is 27.0 Å². The number of nitrogens with zero attached hydrogens (tertiary/aromatic N) is 3. The first-order valence-corrected chi connectivity index (χ1v) is 11.6. The zero-order valence-corrected chi connectivity index (χ0v) is 18.3. The molecule has 0 bridgehead atoms. The highest BCUT2D eigenvalue weighted by Crippen LogP contribution is 2.33. The maximum Gasteiger partial charge on any atom is 0.263 e. The van der Waals surface area contributed by atoms with Crippen molar-refractivity contribution in [1.29, 1.82) is 5.26 Å². The van der Waals surface area contributed by atoms with Crippen molar-refractivity contribution in [3.8, 4) is 28.0 Å². The third kappa shape index (κ3) is 4.08. The van der Waals surface area contributed by atoms with Crippen LogP contribution < -0.4 is 4.72 Å². The second-order valence-electron chi connectivity index (χ2n) is 6.88. The van der Waals surface area contributed by atoms with E-state index in [1.165, 1.54) is 23.5 Å². The average Bonchev–Trinajstić information content (AvgIpc) is 3.35. The van der Waals surface area contributed by atoms with E-state index in [1.54, 1.807) is 61.0 Å². The van der Waals surface area contributed by atoms with Gasteiger partial charge in [0.15, 0.2) is 0 Å². The summed E-state index contributed by atoms with van der Waals surface area (Å²) >= 11 is 1.39. The van der Waals surface area contributed by atoms with Crippen molar-refractivity contribution < 1.29 is 12.8 Å². The molecule has 6 nitrogen and oxygen atoms in total. The summed E-state index contributed by atoms with van der Waals surface area (Å²) in [7, 11) is -2.06. The van der Waals surface area contributed by atoms with Gasteiger partial charge < -0.3 is 4.57 Å². The van der Waals surface area contributed by atoms with Gasteiger partial charge in [0.1, 0.15) is 15.7 Å². The highest BCUT2D eigenvalue weighted by Gasteiger charge is 2.23. The van der Waals surface area contributed by atoms with Gasteiger partial charge in [-0.3, -0.25) is 4.72 Å². The summed E-state index contributed by atoms with van der Waals surface area (Å²) in [4.78, 5) is 4.76. The highest BCUT2D eigenvalue weighted by atomic mass is 32.2. The Labute approximate surface area is 183 Å². The summed E-state index contributed by atoms with van der Waals surface area (Å²) in [5, 5.41) is 11.4. The van der Waals surface area contributed by atoms with Crippen molar-refractivity contribution in [1.82, 2.24) is 9.55 Å². The molecule has 0 saturated carbocycles. The lowest BCUT2D eigenvalue weighted by Gasteiger charge is -2.08. The Morgan fingerprint density at radius 1 is 1.13 bits per heavy atom. The van der Waals surface area contributed by atoms with Gasteiger partial charge in [0.2, 0.25) is 0 Å². The fourth-order valence-electron chi connectivity index (χ4n) is 3.12. The Morgan fingerprint density at radius 2 is 1.81 bits per heavy atom. The predicted octanol–water partition coefficient (Wildman–Crippen LogP) is 4.94. The number of nitriles is 1. The van der Waals surface area contributed by atoms with E-state index in [1.807, 2.05) is 11.4 Å². The number of hydrogen-bond donors (Lipinski definition) is 1. The van der Waals surface area contributed by atoms with Gasteiger partial charge >= 0.3 is 0 Å². The number of nitrogens with one attached hydrogen (secondary N) is 1. The first-order chi connectivity index (χ1) is 14.8. The quantitative estimate of drug-likeness (QED) is 0.465. The molecule has 0 radical (unpaired) electrons. The Bertz CT molecular complexity index is 1400. The fraction of sp³-hybridized carbons (Fsp3) is 0.0909. The normalized spacial score (nSPS) is 11.3. The molecule has 0 amide bonds. The topological polar surface area (TPSA) is 87.8 Å². The van der Waals surface area contributed by atoms with Crippen LogP contribution in [0.25, 0.3) is 22.0 Å². The molecule has 9 heteroatoms. The van der Waals surface area contributed by atoms with Crippen LogP contribution in [0.5, 0.6) is 0 Å². The van der Waals surface area contributed by atoms with Crippen molar-refractivity contribution in [2.24, 2.45) is 7.05 Å². The first kappa shape index (κ1) is 20.8. The van der Waals surface area contributed by atoms with Gasteiger partial charge in [-0.25, -0.2) is 17.8 Å². The SMILES string of the molecule is Cc1c(S(=O)(=O)Nc2ccc(C#N)cc2)cc(-c2nc(-c3ccc(F)cc3)cs2)n1C. The molecule has 156 valence electrons. The maximum absolute atomic E-state index is 13.2. The molecule has 0 unspecified atom stereocenters. The zero-order chi connectivity index (χ0) is 22.2. The molecular formula is C22H17FN4O2S2. The highest BCUT2D eigenvalue weighted by molar-refractivity contribution is 7.92. The van der Waals surface area contributed by atoms with E-state index in [0.717, 1.165) is 5.56 Å². The zero-order valence-electron chi connectivity index (χ0n) is 16.6. The number of halogens is 1. The van der Waals surface area contributed by atoms with Gasteiger partial charge in [0, 0.05) is 29.4 Å². The maximum atomic E-state index is 13.2. The van der Waals surface area contributed by atoms with Gasteiger partial charge in [-0.15, -0.1) is 11.3 Å². The number of rotatable bonds is 5. The minimum atomic E-state index is -3.84. The number of aromatic nitrogens is 2. The fourth-order valence-corrected chi connectivity index (χ4v) is 5.34. The van der Waals surface area contributed by atoms with Crippen molar-refractivity contribution in [2.75, 3.05) is 4.72 Å². The van der Waals surface area contributed by atoms with Crippen molar-refractivity contribution in [2.45, 2.75) is 11.8 Å². The summed E-state index contributed by atoms with van der Waals surface area (Å²) in [5.74, 6) is -0.318. The molecular weight excluding hydrogens is 435 g/mol. The standard InChI is InChI=1S/C22H17FN4O2S2/c1-14-21(31(28,29)26-18-9-3-15(12-24)4-10-18)11-20(27(14)2)22-25-19(13-30-22)16-5-7-17(23)8-6-16/h3-11,13,26H,1-2H3. The summed E-state index contributed by atoms with van der Waals surface area (Å²) in [6.07, 6.45) is 0. The van der Waals surface area contributed by atoms with Crippen molar-refractivity contribution in [3.63, 3.8) is 0 Å². The van der Waals surface area contributed by atoms with E-state index in [4.69, 9.17) is 5.26 Å². The minimum absolute atomic E-state index is 0.146. The van der Waals surface area contributed by atoms with E-state index in [2.05, 4.69) is 9.71 Å². The second kappa shape index (κ2) is 7.98. The molecule has 2 heterocycles. The molecule has 0 spiro atoms. The molecule has 0 atom stereocenters. The molecule has 0 aliphatic carbocycles. The molecule has 4 rings (SSSR count). The van der Waals surface area contributed by atoms with Crippen LogP contribution in [-0.4, -0.2) is 18.0 Å². The van der Waals surface area contributed by atoms with E-state index in [0.29, 0.717) is 33.3 Å². The molecule has 0 aliphatic rings. The summed E-state index contributed by atoms with van der Waals surface area (Å²) < 4.78 is 43.5. The predicted molar refractivity (Wildman–Crippen MR) is 119 cm³/mol. The Morgan fingerprint density at radius 3 is 2.45 bits per heavy atom. The largest absolute Gasteiger partial charge is 0.345 e. The van der Waals surface area contributed by atoms with Crippen LogP contribution in [0, 0.1) is 24.1 Å². The van der Waals surface area contributed by atoms with Gasteiger partial charge in [-0.2, -0.15) is 5.26 Å². The number of benzene rings is 2.